The summed E-state index contributed by atoms with van der Waals surface area (Å²) in [5, 5.41) is 0. The number of carbonyl (C=O) groups is 1. The highest BCUT2D eigenvalue weighted by atomic mass is 79.9. The SMILES string of the molecule is CO/C=C(/C(=O)OC)c1ccccc1/C=C(/F)c1ccc(Br)c(C(F)(F)F)c1. The Labute approximate surface area is 167 Å². The molecule has 28 heavy (non-hydrogen) atoms. The second-order valence-corrected chi connectivity index (χ2v) is 6.39. The molecule has 0 heterocycles. The number of methoxy groups -OCH3 is 2. The molecular weight excluding hydrogens is 444 g/mol. The van der Waals surface area contributed by atoms with Gasteiger partial charge in [0.1, 0.15) is 11.4 Å². The Morgan fingerprint density at radius 3 is 2.39 bits per heavy atom. The summed E-state index contributed by atoms with van der Waals surface area (Å²) < 4.78 is 63.3. The minimum atomic E-state index is -4.63. The fourth-order valence-corrected chi connectivity index (χ4v) is 2.90. The van der Waals surface area contributed by atoms with Crippen LogP contribution >= 0.6 is 15.9 Å². The van der Waals surface area contributed by atoms with Crippen molar-refractivity contribution in [3.63, 3.8) is 0 Å². The van der Waals surface area contributed by atoms with Crippen LogP contribution in [0.15, 0.2) is 53.2 Å². The van der Waals surface area contributed by atoms with Gasteiger partial charge in [0, 0.05) is 10.0 Å². The van der Waals surface area contributed by atoms with Gasteiger partial charge in [0.2, 0.25) is 0 Å². The Kier molecular flexibility index (Phi) is 7.01. The molecule has 148 valence electrons. The zero-order valence-electron chi connectivity index (χ0n) is 14.8. The predicted octanol–water partition coefficient (Wildman–Crippen LogP) is 6.10. The van der Waals surface area contributed by atoms with Gasteiger partial charge in [-0.3, -0.25) is 0 Å². The first-order chi connectivity index (χ1) is 13.2. The lowest BCUT2D eigenvalue weighted by Gasteiger charge is -2.11. The Balaban J connectivity index is 2.55. The van der Waals surface area contributed by atoms with Gasteiger partial charge in [-0.1, -0.05) is 46.3 Å². The molecule has 0 fully saturated rings. The molecule has 0 aliphatic rings. The van der Waals surface area contributed by atoms with E-state index in [0.717, 1.165) is 18.4 Å². The monoisotopic (exact) mass is 458 g/mol. The van der Waals surface area contributed by atoms with Crippen molar-refractivity contribution in [3.05, 3.63) is 75.5 Å². The van der Waals surface area contributed by atoms with Gasteiger partial charge in [-0.2, -0.15) is 13.2 Å². The van der Waals surface area contributed by atoms with Gasteiger partial charge in [0.25, 0.3) is 0 Å². The van der Waals surface area contributed by atoms with Gasteiger partial charge >= 0.3 is 12.1 Å². The third-order valence-electron chi connectivity index (χ3n) is 3.72. The van der Waals surface area contributed by atoms with E-state index in [2.05, 4.69) is 15.9 Å². The molecule has 0 saturated heterocycles. The van der Waals surface area contributed by atoms with Gasteiger partial charge in [-0.15, -0.1) is 0 Å². The summed E-state index contributed by atoms with van der Waals surface area (Å²) in [7, 11) is 2.52. The van der Waals surface area contributed by atoms with Crippen LogP contribution in [-0.2, 0) is 20.4 Å². The minimum Gasteiger partial charge on any atom is -0.503 e. The Morgan fingerprint density at radius 1 is 1.11 bits per heavy atom. The molecular formula is C20H15BrF4O3. The lowest BCUT2D eigenvalue weighted by molar-refractivity contribution is -0.138. The molecule has 0 bridgehead atoms. The first-order valence-electron chi connectivity index (χ1n) is 7.84. The van der Waals surface area contributed by atoms with E-state index in [1.54, 1.807) is 18.2 Å². The summed E-state index contributed by atoms with van der Waals surface area (Å²) in [6, 6.07) is 9.35. The van der Waals surface area contributed by atoms with Crippen molar-refractivity contribution >= 4 is 39.4 Å². The highest BCUT2D eigenvalue weighted by Crippen LogP contribution is 2.37. The number of alkyl halides is 3. The van der Waals surface area contributed by atoms with E-state index >= 15 is 0 Å². The van der Waals surface area contributed by atoms with Gasteiger partial charge in [0.05, 0.1) is 26.0 Å². The maximum absolute atomic E-state index is 14.7. The van der Waals surface area contributed by atoms with Crippen LogP contribution in [0.25, 0.3) is 17.5 Å². The molecule has 0 amide bonds. The minimum absolute atomic E-state index is 0.0384. The normalized spacial score (nSPS) is 12.7. The summed E-state index contributed by atoms with van der Waals surface area (Å²) in [6.07, 6.45) is -2.44. The standard InChI is InChI=1S/C20H15BrF4O3/c1-27-11-15(19(26)28-2)14-6-4-3-5-12(14)10-18(22)13-7-8-17(21)16(9-13)20(23,24)25/h3-11H,1-2H3/b15-11+,18-10+. The fraction of sp³-hybridized carbons (Fsp3) is 0.150. The largest absolute Gasteiger partial charge is 0.503 e. The number of esters is 1. The summed E-state index contributed by atoms with van der Waals surface area (Å²) >= 11 is 2.82. The topological polar surface area (TPSA) is 35.5 Å². The molecule has 0 atom stereocenters. The number of ether oxygens (including phenoxy) is 2. The highest BCUT2D eigenvalue weighted by Gasteiger charge is 2.33. The molecule has 8 heteroatoms. The molecule has 0 N–H and O–H groups in total. The van der Waals surface area contributed by atoms with E-state index in [1.165, 1.54) is 26.4 Å². The van der Waals surface area contributed by atoms with E-state index in [0.29, 0.717) is 11.6 Å². The number of hydrogen-bond donors (Lipinski definition) is 0. The molecule has 0 radical (unpaired) electrons. The number of carbonyl (C=O) groups excluding carboxylic acids is 1. The third-order valence-corrected chi connectivity index (χ3v) is 4.41. The maximum Gasteiger partial charge on any atom is 0.417 e. The van der Waals surface area contributed by atoms with Crippen LogP contribution in [0.3, 0.4) is 0 Å². The van der Waals surface area contributed by atoms with Crippen molar-refractivity contribution in [2.75, 3.05) is 14.2 Å². The number of benzene rings is 2. The number of rotatable bonds is 5. The van der Waals surface area contributed by atoms with Crippen LogP contribution in [0.5, 0.6) is 0 Å². The van der Waals surface area contributed by atoms with E-state index in [4.69, 9.17) is 9.47 Å². The molecule has 2 rings (SSSR count). The van der Waals surface area contributed by atoms with E-state index in [9.17, 15) is 22.4 Å². The molecule has 0 unspecified atom stereocenters. The zero-order valence-corrected chi connectivity index (χ0v) is 16.4. The Bertz CT molecular complexity index is 933. The molecule has 0 aliphatic heterocycles. The van der Waals surface area contributed by atoms with Crippen molar-refractivity contribution in [1.29, 1.82) is 0 Å². The second kappa shape index (κ2) is 9.05. The van der Waals surface area contributed by atoms with E-state index in [-0.39, 0.29) is 21.2 Å². The first-order valence-corrected chi connectivity index (χ1v) is 8.63. The van der Waals surface area contributed by atoms with Crippen molar-refractivity contribution in [2.45, 2.75) is 6.18 Å². The molecule has 0 saturated carbocycles. The molecule has 0 aromatic heterocycles. The van der Waals surface area contributed by atoms with Crippen molar-refractivity contribution < 1.29 is 31.8 Å². The lowest BCUT2D eigenvalue weighted by Crippen LogP contribution is -2.06. The summed E-state index contributed by atoms with van der Waals surface area (Å²) in [5.41, 5.74) is -0.627. The Morgan fingerprint density at radius 2 is 1.79 bits per heavy atom. The van der Waals surface area contributed by atoms with E-state index < -0.39 is 23.5 Å². The molecule has 2 aromatic rings. The first kappa shape index (κ1) is 21.7. The average molecular weight is 459 g/mol. The van der Waals surface area contributed by atoms with Crippen molar-refractivity contribution in [1.82, 2.24) is 0 Å². The average Bonchev–Trinajstić information content (AvgIpc) is 2.65. The number of hydrogen-bond acceptors (Lipinski definition) is 3. The number of halogens is 5. The van der Waals surface area contributed by atoms with Crippen LogP contribution in [-0.4, -0.2) is 20.2 Å². The molecule has 0 spiro atoms. The molecule has 3 nitrogen and oxygen atoms in total. The third kappa shape index (κ3) is 5.01. The quantitative estimate of drug-likeness (QED) is 0.178. The maximum atomic E-state index is 14.7. The van der Waals surface area contributed by atoms with Crippen LogP contribution in [0.2, 0.25) is 0 Å². The zero-order chi connectivity index (χ0) is 20.9. The van der Waals surface area contributed by atoms with Crippen LogP contribution < -0.4 is 0 Å². The summed E-state index contributed by atoms with van der Waals surface area (Å²) in [4.78, 5) is 12.0. The highest BCUT2D eigenvalue weighted by molar-refractivity contribution is 9.10. The van der Waals surface area contributed by atoms with Crippen molar-refractivity contribution in [3.8, 4) is 0 Å². The summed E-state index contributed by atoms with van der Waals surface area (Å²) in [5.74, 6) is -1.60. The molecule has 2 aromatic carbocycles. The molecule has 0 aliphatic carbocycles. The summed E-state index contributed by atoms with van der Waals surface area (Å²) in [6.45, 7) is 0. The van der Waals surface area contributed by atoms with Crippen molar-refractivity contribution in [2.24, 2.45) is 0 Å². The van der Waals surface area contributed by atoms with E-state index in [1.807, 2.05) is 0 Å². The van der Waals surface area contributed by atoms with Crippen LogP contribution in [0.1, 0.15) is 22.3 Å². The predicted molar refractivity (Wildman–Crippen MR) is 102 cm³/mol. The van der Waals surface area contributed by atoms with Crippen LogP contribution in [0, 0.1) is 0 Å². The Hall–Kier alpha value is -2.61. The lowest BCUT2D eigenvalue weighted by atomic mass is 9.99. The van der Waals surface area contributed by atoms with Gasteiger partial charge in [-0.25, -0.2) is 9.18 Å². The van der Waals surface area contributed by atoms with Gasteiger partial charge in [-0.05, 0) is 29.3 Å². The van der Waals surface area contributed by atoms with Gasteiger partial charge < -0.3 is 9.47 Å². The second-order valence-electron chi connectivity index (χ2n) is 5.53. The smallest absolute Gasteiger partial charge is 0.417 e. The van der Waals surface area contributed by atoms with Gasteiger partial charge in [0.15, 0.2) is 0 Å². The van der Waals surface area contributed by atoms with Crippen LogP contribution in [0.4, 0.5) is 17.6 Å². The fourth-order valence-electron chi connectivity index (χ4n) is 2.43.